The lowest BCUT2D eigenvalue weighted by molar-refractivity contribution is -0.124. The monoisotopic (exact) mass is 288 g/mol. The standard InChI is InChI=1S/C10H12N2O6S/c1-5(9(11)13)18-8-3-2-6(19(12,16)17)4-7(8)10(14)15/h2-5H,1H3,(H2,11,13)(H,14,15)(H2,12,16,17). The van der Waals surface area contributed by atoms with Gasteiger partial charge >= 0.3 is 5.97 Å². The molecule has 1 aromatic carbocycles. The van der Waals surface area contributed by atoms with E-state index in [1.54, 1.807) is 0 Å². The fourth-order valence-corrected chi connectivity index (χ4v) is 1.74. The maximum Gasteiger partial charge on any atom is 0.339 e. The van der Waals surface area contributed by atoms with Gasteiger partial charge in [0.25, 0.3) is 5.91 Å². The van der Waals surface area contributed by atoms with Gasteiger partial charge in [-0.15, -0.1) is 0 Å². The van der Waals surface area contributed by atoms with Gasteiger partial charge in [-0.2, -0.15) is 0 Å². The van der Waals surface area contributed by atoms with Crippen molar-refractivity contribution in [3.05, 3.63) is 23.8 Å². The lowest BCUT2D eigenvalue weighted by Crippen LogP contribution is -2.31. The van der Waals surface area contributed by atoms with Gasteiger partial charge in [-0.05, 0) is 25.1 Å². The molecule has 1 aromatic rings. The van der Waals surface area contributed by atoms with Crippen LogP contribution in [-0.4, -0.2) is 31.5 Å². The van der Waals surface area contributed by atoms with Gasteiger partial charge in [0.05, 0.1) is 4.90 Å². The third-order valence-corrected chi connectivity index (χ3v) is 3.13. The molecule has 0 aromatic heterocycles. The summed E-state index contributed by atoms with van der Waals surface area (Å²) in [6.45, 7) is 1.33. The minimum absolute atomic E-state index is 0.175. The van der Waals surface area contributed by atoms with E-state index in [2.05, 4.69) is 0 Å². The van der Waals surface area contributed by atoms with Crippen molar-refractivity contribution in [2.75, 3.05) is 0 Å². The average molecular weight is 288 g/mol. The first-order valence-electron chi connectivity index (χ1n) is 4.99. The molecular formula is C10H12N2O6S. The van der Waals surface area contributed by atoms with Crippen LogP contribution in [0.25, 0.3) is 0 Å². The predicted octanol–water partition coefficient (Wildman–Crippen LogP) is -0.715. The van der Waals surface area contributed by atoms with Crippen molar-refractivity contribution in [1.82, 2.24) is 0 Å². The van der Waals surface area contributed by atoms with Crippen LogP contribution < -0.4 is 15.6 Å². The van der Waals surface area contributed by atoms with Gasteiger partial charge < -0.3 is 15.6 Å². The van der Waals surface area contributed by atoms with Crippen molar-refractivity contribution in [3.63, 3.8) is 0 Å². The second-order valence-electron chi connectivity index (χ2n) is 3.67. The molecule has 0 saturated heterocycles. The number of aromatic carboxylic acids is 1. The zero-order valence-electron chi connectivity index (χ0n) is 9.86. The van der Waals surface area contributed by atoms with Gasteiger partial charge in [-0.25, -0.2) is 18.4 Å². The molecule has 0 aliphatic heterocycles. The summed E-state index contributed by atoms with van der Waals surface area (Å²) >= 11 is 0. The fourth-order valence-electron chi connectivity index (χ4n) is 1.20. The maximum atomic E-state index is 11.1. The van der Waals surface area contributed by atoms with Crippen LogP contribution in [-0.2, 0) is 14.8 Å². The van der Waals surface area contributed by atoms with Crippen molar-refractivity contribution in [3.8, 4) is 5.75 Å². The van der Waals surface area contributed by atoms with E-state index < -0.39 is 33.6 Å². The van der Waals surface area contributed by atoms with Crippen molar-refractivity contribution in [2.45, 2.75) is 17.9 Å². The minimum Gasteiger partial charge on any atom is -0.480 e. The molecule has 1 atom stereocenters. The van der Waals surface area contributed by atoms with Gasteiger partial charge in [-0.3, -0.25) is 4.79 Å². The quantitative estimate of drug-likeness (QED) is 0.651. The maximum absolute atomic E-state index is 11.1. The highest BCUT2D eigenvalue weighted by atomic mass is 32.2. The van der Waals surface area contributed by atoms with Crippen LogP contribution in [0.2, 0.25) is 0 Å². The Bertz CT molecular complexity index is 625. The number of benzene rings is 1. The molecule has 0 spiro atoms. The molecule has 5 N–H and O–H groups in total. The fraction of sp³-hybridized carbons (Fsp3) is 0.200. The zero-order chi connectivity index (χ0) is 14.8. The van der Waals surface area contributed by atoms with Gasteiger partial charge in [0.1, 0.15) is 11.3 Å². The van der Waals surface area contributed by atoms with Crippen LogP contribution in [0.15, 0.2) is 23.1 Å². The third kappa shape index (κ3) is 3.66. The Labute approximate surface area is 109 Å². The van der Waals surface area contributed by atoms with Crippen LogP contribution in [0.4, 0.5) is 0 Å². The third-order valence-electron chi connectivity index (χ3n) is 2.21. The largest absolute Gasteiger partial charge is 0.480 e. The van der Waals surface area contributed by atoms with Crippen molar-refractivity contribution in [1.29, 1.82) is 0 Å². The van der Waals surface area contributed by atoms with E-state index in [1.807, 2.05) is 0 Å². The molecule has 9 heteroatoms. The van der Waals surface area contributed by atoms with E-state index in [0.717, 1.165) is 18.2 Å². The summed E-state index contributed by atoms with van der Waals surface area (Å²) in [7, 11) is -4.03. The normalized spacial score (nSPS) is 12.7. The Kier molecular flexibility index (Phi) is 4.12. The lowest BCUT2D eigenvalue weighted by atomic mass is 10.2. The topological polar surface area (TPSA) is 150 Å². The van der Waals surface area contributed by atoms with E-state index in [1.165, 1.54) is 6.92 Å². The molecule has 104 valence electrons. The average Bonchev–Trinajstić information content (AvgIpc) is 2.27. The van der Waals surface area contributed by atoms with Crippen LogP contribution in [0, 0.1) is 0 Å². The molecule has 19 heavy (non-hydrogen) atoms. The van der Waals surface area contributed by atoms with E-state index in [0.29, 0.717) is 0 Å². The molecule has 8 nitrogen and oxygen atoms in total. The van der Waals surface area contributed by atoms with E-state index >= 15 is 0 Å². The number of sulfonamides is 1. The Morgan fingerprint density at radius 1 is 1.37 bits per heavy atom. The SMILES string of the molecule is CC(Oc1ccc(S(N)(=O)=O)cc1C(=O)O)C(N)=O. The first-order valence-corrected chi connectivity index (χ1v) is 6.53. The summed E-state index contributed by atoms with van der Waals surface area (Å²) in [6.07, 6.45) is -1.06. The van der Waals surface area contributed by atoms with Crippen molar-refractivity contribution >= 4 is 21.9 Å². The summed E-state index contributed by atoms with van der Waals surface area (Å²) in [5.74, 6) is -2.38. The van der Waals surface area contributed by atoms with Crippen molar-refractivity contribution in [2.24, 2.45) is 10.9 Å². The number of nitrogens with two attached hydrogens (primary N) is 2. The number of hydrogen-bond donors (Lipinski definition) is 3. The second-order valence-corrected chi connectivity index (χ2v) is 5.23. The van der Waals surface area contributed by atoms with Crippen LogP contribution in [0.3, 0.4) is 0 Å². The Morgan fingerprint density at radius 3 is 2.37 bits per heavy atom. The molecule has 1 unspecified atom stereocenters. The smallest absolute Gasteiger partial charge is 0.339 e. The molecule has 0 aliphatic rings. The number of rotatable bonds is 5. The van der Waals surface area contributed by atoms with Gasteiger partial charge in [0.15, 0.2) is 6.10 Å². The minimum atomic E-state index is -4.03. The Balaban J connectivity index is 3.27. The first-order chi connectivity index (χ1) is 8.62. The molecule has 0 heterocycles. The number of carbonyl (C=O) groups excluding carboxylic acids is 1. The molecule has 0 fully saturated rings. The summed E-state index contributed by atoms with van der Waals surface area (Å²) < 4.78 is 27.3. The number of carbonyl (C=O) groups is 2. The molecule has 0 saturated carbocycles. The second kappa shape index (κ2) is 5.24. The van der Waals surface area contributed by atoms with E-state index in [9.17, 15) is 18.0 Å². The highest BCUT2D eigenvalue weighted by Crippen LogP contribution is 2.23. The van der Waals surface area contributed by atoms with Gasteiger partial charge in [0, 0.05) is 0 Å². The van der Waals surface area contributed by atoms with Crippen LogP contribution >= 0.6 is 0 Å². The van der Waals surface area contributed by atoms with Crippen LogP contribution in [0.5, 0.6) is 5.75 Å². The number of amides is 1. The molecular weight excluding hydrogens is 276 g/mol. The number of primary sulfonamides is 1. The van der Waals surface area contributed by atoms with Crippen molar-refractivity contribution < 1.29 is 27.9 Å². The molecule has 1 rings (SSSR count). The lowest BCUT2D eigenvalue weighted by Gasteiger charge is -2.13. The summed E-state index contributed by atoms with van der Waals surface area (Å²) in [5.41, 5.74) is 4.55. The number of primary amides is 1. The van der Waals surface area contributed by atoms with Crippen LogP contribution in [0.1, 0.15) is 17.3 Å². The van der Waals surface area contributed by atoms with E-state index in [-0.39, 0.29) is 10.6 Å². The highest BCUT2D eigenvalue weighted by molar-refractivity contribution is 7.89. The first kappa shape index (κ1) is 14.9. The Hall–Kier alpha value is -2.13. The van der Waals surface area contributed by atoms with E-state index in [4.69, 9.17) is 20.7 Å². The molecule has 1 amide bonds. The summed E-state index contributed by atoms with van der Waals surface area (Å²) in [4.78, 5) is 21.5. The number of ether oxygens (including phenoxy) is 1. The van der Waals surface area contributed by atoms with Gasteiger partial charge in [0.2, 0.25) is 10.0 Å². The number of hydrogen-bond acceptors (Lipinski definition) is 5. The number of carboxylic acids is 1. The Morgan fingerprint density at radius 2 is 1.95 bits per heavy atom. The number of carboxylic acid groups (broad SMARTS) is 1. The summed E-state index contributed by atoms with van der Waals surface area (Å²) in [6, 6.07) is 3.02. The molecule has 0 bridgehead atoms. The summed E-state index contributed by atoms with van der Waals surface area (Å²) in [5, 5.41) is 13.9. The van der Waals surface area contributed by atoms with Gasteiger partial charge in [-0.1, -0.05) is 0 Å². The molecule has 0 radical (unpaired) electrons. The zero-order valence-corrected chi connectivity index (χ0v) is 10.7. The molecule has 0 aliphatic carbocycles. The predicted molar refractivity (Wildman–Crippen MR) is 64.1 cm³/mol. The highest BCUT2D eigenvalue weighted by Gasteiger charge is 2.19.